The van der Waals surface area contributed by atoms with E-state index in [4.69, 9.17) is 9.47 Å². The molecule has 1 atom stereocenters. The van der Waals surface area contributed by atoms with Crippen LogP contribution >= 0.6 is 11.3 Å². The van der Waals surface area contributed by atoms with E-state index < -0.39 is 22.0 Å². The Morgan fingerprint density at radius 2 is 1.97 bits per heavy atom. The molecule has 3 heterocycles. The maximum absolute atomic E-state index is 13.3. The summed E-state index contributed by atoms with van der Waals surface area (Å²) in [5.74, 6) is 0.321. The molecule has 4 rings (SSSR count). The lowest BCUT2D eigenvalue weighted by Gasteiger charge is -2.23. The summed E-state index contributed by atoms with van der Waals surface area (Å²) in [5.41, 5.74) is 1.34. The number of hydrogen-bond acceptors (Lipinski definition) is 8. The Labute approximate surface area is 190 Å². The normalized spacial score (nSPS) is 16.6. The zero-order valence-corrected chi connectivity index (χ0v) is 19.1. The van der Waals surface area contributed by atoms with Crippen LogP contribution in [0.2, 0.25) is 0 Å². The number of pyridine rings is 1. The van der Waals surface area contributed by atoms with Crippen molar-refractivity contribution in [2.45, 2.75) is 23.8 Å². The van der Waals surface area contributed by atoms with E-state index in [1.54, 1.807) is 11.6 Å². The third-order valence-corrected chi connectivity index (χ3v) is 7.79. The van der Waals surface area contributed by atoms with Gasteiger partial charge in [0.15, 0.2) is 16.6 Å². The van der Waals surface area contributed by atoms with E-state index in [1.807, 2.05) is 18.2 Å². The van der Waals surface area contributed by atoms with Crippen LogP contribution in [0.4, 0.5) is 5.13 Å². The number of nitrogens with zero attached hydrogens (tertiary/aromatic N) is 3. The van der Waals surface area contributed by atoms with E-state index in [0.29, 0.717) is 40.9 Å². The van der Waals surface area contributed by atoms with Gasteiger partial charge in [-0.2, -0.15) is 4.31 Å². The maximum Gasteiger partial charge on any atom is 0.244 e. The second-order valence-corrected chi connectivity index (χ2v) is 9.78. The van der Waals surface area contributed by atoms with Gasteiger partial charge in [-0.3, -0.25) is 9.78 Å². The standard InChI is InChI=1S/C21H22N4O5S2/c1-29-18-9-8-14(12-19(18)30-2)32(27,28)25-11-5-7-17(25)20(26)24-21-23-16(13-31-21)15-6-3-4-10-22-15/h3-4,6,8-10,12-13,17H,5,7,11H2,1-2H3,(H,23,24,26). The quantitative estimate of drug-likeness (QED) is 0.560. The first-order valence-electron chi connectivity index (χ1n) is 9.85. The molecule has 0 spiro atoms. The van der Waals surface area contributed by atoms with Crippen molar-refractivity contribution in [3.05, 3.63) is 48.0 Å². The molecule has 1 aromatic carbocycles. The summed E-state index contributed by atoms with van der Waals surface area (Å²) in [4.78, 5) is 21.7. The van der Waals surface area contributed by atoms with Crippen molar-refractivity contribution >= 4 is 32.4 Å². The summed E-state index contributed by atoms with van der Waals surface area (Å²) < 4.78 is 38.2. The number of rotatable bonds is 7. The molecule has 2 aromatic heterocycles. The number of nitrogens with one attached hydrogen (secondary N) is 1. The van der Waals surface area contributed by atoms with Crippen LogP contribution in [0.5, 0.6) is 11.5 Å². The van der Waals surface area contributed by atoms with Crippen LogP contribution in [0.15, 0.2) is 52.9 Å². The molecule has 0 bridgehead atoms. The number of hydrogen-bond donors (Lipinski definition) is 1. The minimum atomic E-state index is -3.91. The van der Waals surface area contributed by atoms with Gasteiger partial charge in [0.25, 0.3) is 0 Å². The number of carbonyl (C=O) groups excluding carboxylic acids is 1. The van der Waals surface area contributed by atoms with Gasteiger partial charge in [-0.05, 0) is 37.1 Å². The van der Waals surface area contributed by atoms with Gasteiger partial charge >= 0.3 is 0 Å². The summed E-state index contributed by atoms with van der Waals surface area (Å²) >= 11 is 1.26. The van der Waals surface area contributed by atoms with Crippen LogP contribution in [0.25, 0.3) is 11.4 Å². The van der Waals surface area contributed by atoms with E-state index in [2.05, 4.69) is 15.3 Å². The average Bonchev–Trinajstić information content (AvgIpc) is 3.49. The molecule has 9 nitrogen and oxygen atoms in total. The number of thiazole rings is 1. The van der Waals surface area contributed by atoms with Crippen molar-refractivity contribution in [2.24, 2.45) is 0 Å². The largest absolute Gasteiger partial charge is 0.493 e. The number of anilines is 1. The summed E-state index contributed by atoms with van der Waals surface area (Å²) in [7, 11) is -0.996. The summed E-state index contributed by atoms with van der Waals surface area (Å²) in [5, 5.41) is 4.95. The molecule has 0 aliphatic carbocycles. The zero-order chi connectivity index (χ0) is 22.7. The van der Waals surface area contributed by atoms with Crippen molar-refractivity contribution in [1.82, 2.24) is 14.3 Å². The van der Waals surface area contributed by atoms with Crippen LogP contribution in [0, 0.1) is 0 Å². The predicted octanol–water partition coefficient (Wildman–Crippen LogP) is 3.01. The lowest BCUT2D eigenvalue weighted by Crippen LogP contribution is -2.43. The van der Waals surface area contributed by atoms with Gasteiger partial charge in [-0.15, -0.1) is 11.3 Å². The minimum absolute atomic E-state index is 0.0431. The van der Waals surface area contributed by atoms with Crippen LogP contribution in [-0.4, -0.2) is 55.4 Å². The fourth-order valence-corrected chi connectivity index (χ4v) is 5.93. The van der Waals surface area contributed by atoms with Crippen molar-refractivity contribution in [2.75, 3.05) is 26.1 Å². The number of methoxy groups -OCH3 is 2. The molecule has 11 heteroatoms. The maximum atomic E-state index is 13.3. The van der Waals surface area contributed by atoms with Gasteiger partial charge < -0.3 is 14.8 Å². The molecule has 32 heavy (non-hydrogen) atoms. The van der Waals surface area contributed by atoms with Crippen molar-refractivity contribution in [1.29, 1.82) is 0 Å². The van der Waals surface area contributed by atoms with Gasteiger partial charge in [-0.1, -0.05) is 6.07 Å². The molecule has 0 radical (unpaired) electrons. The van der Waals surface area contributed by atoms with Crippen molar-refractivity contribution in [3.63, 3.8) is 0 Å². The van der Waals surface area contributed by atoms with Crippen LogP contribution in [0.1, 0.15) is 12.8 Å². The first-order chi connectivity index (χ1) is 15.4. The van der Waals surface area contributed by atoms with Gasteiger partial charge in [0.1, 0.15) is 11.7 Å². The molecule has 1 aliphatic rings. The molecule has 1 fully saturated rings. The Hall–Kier alpha value is -3.02. The van der Waals surface area contributed by atoms with E-state index in [9.17, 15) is 13.2 Å². The van der Waals surface area contributed by atoms with Crippen LogP contribution < -0.4 is 14.8 Å². The lowest BCUT2D eigenvalue weighted by atomic mass is 10.2. The van der Waals surface area contributed by atoms with Crippen LogP contribution in [0.3, 0.4) is 0 Å². The van der Waals surface area contributed by atoms with E-state index >= 15 is 0 Å². The summed E-state index contributed by atoms with van der Waals surface area (Å²) in [6.45, 7) is 0.256. The van der Waals surface area contributed by atoms with Gasteiger partial charge in [0.05, 0.1) is 24.8 Å². The van der Waals surface area contributed by atoms with Crippen molar-refractivity contribution in [3.8, 4) is 22.9 Å². The number of ether oxygens (including phenoxy) is 2. The number of benzene rings is 1. The molecular weight excluding hydrogens is 452 g/mol. The highest BCUT2D eigenvalue weighted by Crippen LogP contribution is 2.33. The van der Waals surface area contributed by atoms with Gasteiger partial charge in [0, 0.05) is 24.2 Å². The van der Waals surface area contributed by atoms with Crippen molar-refractivity contribution < 1.29 is 22.7 Å². The second-order valence-electron chi connectivity index (χ2n) is 7.03. The topological polar surface area (TPSA) is 111 Å². The highest BCUT2D eigenvalue weighted by Gasteiger charge is 2.40. The molecular formula is C21H22N4O5S2. The monoisotopic (exact) mass is 474 g/mol. The number of sulfonamides is 1. The smallest absolute Gasteiger partial charge is 0.244 e. The SMILES string of the molecule is COc1ccc(S(=O)(=O)N2CCCC2C(=O)Nc2nc(-c3ccccn3)cs2)cc1OC. The third-order valence-electron chi connectivity index (χ3n) is 5.13. The fourth-order valence-electron chi connectivity index (χ4n) is 3.55. The fraction of sp³-hybridized carbons (Fsp3) is 0.286. The molecule has 3 aromatic rings. The van der Waals surface area contributed by atoms with E-state index in [-0.39, 0.29) is 11.4 Å². The Balaban J connectivity index is 1.53. The predicted molar refractivity (Wildman–Crippen MR) is 120 cm³/mol. The van der Waals surface area contributed by atoms with Gasteiger partial charge in [0.2, 0.25) is 15.9 Å². The number of carbonyl (C=O) groups is 1. The number of amides is 1. The first kappa shape index (κ1) is 22.2. The highest BCUT2D eigenvalue weighted by atomic mass is 32.2. The van der Waals surface area contributed by atoms with Gasteiger partial charge in [-0.25, -0.2) is 13.4 Å². The molecule has 1 aliphatic heterocycles. The Kier molecular flexibility index (Phi) is 6.40. The summed E-state index contributed by atoms with van der Waals surface area (Å²) in [6, 6.07) is 9.06. The average molecular weight is 475 g/mol. The first-order valence-corrected chi connectivity index (χ1v) is 12.2. The molecule has 168 valence electrons. The second kappa shape index (κ2) is 9.23. The Bertz CT molecular complexity index is 1210. The lowest BCUT2D eigenvalue weighted by molar-refractivity contribution is -0.119. The molecule has 0 saturated carbocycles. The minimum Gasteiger partial charge on any atom is -0.493 e. The molecule has 1 unspecified atom stereocenters. The summed E-state index contributed by atoms with van der Waals surface area (Å²) in [6.07, 6.45) is 2.68. The Morgan fingerprint density at radius 1 is 1.16 bits per heavy atom. The van der Waals surface area contributed by atoms with Crippen LogP contribution in [-0.2, 0) is 14.8 Å². The van der Waals surface area contributed by atoms with E-state index in [1.165, 1.54) is 48.1 Å². The molecule has 1 N–H and O–H groups in total. The van der Waals surface area contributed by atoms with E-state index in [0.717, 1.165) is 0 Å². The molecule has 1 saturated heterocycles. The highest BCUT2D eigenvalue weighted by molar-refractivity contribution is 7.89. The third kappa shape index (κ3) is 4.31. The molecule has 1 amide bonds. The number of aromatic nitrogens is 2. The Morgan fingerprint density at radius 3 is 2.69 bits per heavy atom. The zero-order valence-electron chi connectivity index (χ0n) is 17.5.